The van der Waals surface area contributed by atoms with Crippen molar-refractivity contribution in [3.05, 3.63) is 59.5 Å². The highest BCUT2D eigenvalue weighted by atomic mass is 16.3. The normalized spacial score (nSPS) is 21.1. The molecule has 1 atom stereocenters. The molecular formula is C20H21N3O3. The highest BCUT2D eigenvalue weighted by Gasteiger charge is 2.34. The van der Waals surface area contributed by atoms with Gasteiger partial charge in [-0.2, -0.15) is 5.10 Å². The van der Waals surface area contributed by atoms with Crippen molar-refractivity contribution in [2.75, 3.05) is 6.54 Å². The van der Waals surface area contributed by atoms with Crippen molar-refractivity contribution in [2.24, 2.45) is 11.0 Å². The smallest absolute Gasteiger partial charge is 0.245 e. The lowest BCUT2D eigenvalue weighted by molar-refractivity contribution is -0.129. The Labute approximate surface area is 151 Å². The summed E-state index contributed by atoms with van der Waals surface area (Å²) in [4.78, 5) is 26.3. The van der Waals surface area contributed by atoms with Crippen LogP contribution in [0.25, 0.3) is 0 Å². The molecular weight excluding hydrogens is 330 g/mol. The first kappa shape index (κ1) is 16.6. The van der Waals surface area contributed by atoms with E-state index in [4.69, 9.17) is 4.42 Å². The Hall–Kier alpha value is -2.89. The lowest BCUT2D eigenvalue weighted by Gasteiger charge is -2.18. The van der Waals surface area contributed by atoms with Gasteiger partial charge in [-0.05, 0) is 37.0 Å². The van der Waals surface area contributed by atoms with Gasteiger partial charge in [-0.3, -0.25) is 9.59 Å². The van der Waals surface area contributed by atoms with Gasteiger partial charge < -0.3 is 9.32 Å². The summed E-state index contributed by atoms with van der Waals surface area (Å²) >= 11 is 0. The van der Waals surface area contributed by atoms with Gasteiger partial charge in [0.05, 0.1) is 24.4 Å². The van der Waals surface area contributed by atoms with Crippen molar-refractivity contribution < 1.29 is 14.0 Å². The molecule has 1 unspecified atom stereocenters. The number of benzene rings is 1. The molecule has 1 aromatic heterocycles. The fourth-order valence-corrected chi connectivity index (χ4v) is 3.62. The third kappa shape index (κ3) is 3.40. The summed E-state index contributed by atoms with van der Waals surface area (Å²) in [6, 6.07) is 11.8. The maximum atomic E-state index is 12.5. The molecule has 134 valence electrons. The molecule has 6 nitrogen and oxygen atoms in total. The first-order chi connectivity index (χ1) is 12.7. The second kappa shape index (κ2) is 7.15. The van der Waals surface area contributed by atoms with E-state index < -0.39 is 0 Å². The molecule has 1 aromatic carbocycles. The summed E-state index contributed by atoms with van der Waals surface area (Å²) in [7, 11) is 0. The Bertz CT molecular complexity index is 842. The van der Waals surface area contributed by atoms with Gasteiger partial charge in [0, 0.05) is 18.5 Å². The minimum atomic E-state index is -0.374. The van der Waals surface area contributed by atoms with Crippen LogP contribution in [0.1, 0.15) is 36.1 Å². The van der Waals surface area contributed by atoms with Crippen molar-refractivity contribution >= 4 is 17.5 Å². The van der Waals surface area contributed by atoms with Crippen molar-refractivity contribution in [2.45, 2.75) is 32.2 Å². The van der Waals surface area contributed by atoms with Crippen LogP contribution in [-0.2, 0) is 22.6 Å². The van der Waals surface area contributed by atoms with Crippen molar-refractivity contribution in [1.29, 1.82) is 0 Å². The third-order valence-electron chi connectivity index (χ3n) is 5.00. The molecule has 2 heterocycles. The summed E-state index contributed by atoms with van der Waals surface area (Å²) < 4.78 is 5.28. The molecule has 0 spiro atoms. The van der Waals surface area contributed by atoms with Gasteiger partial charge in [0.2, 0.25) is 11.8 Å². The van der Waals surface area contributed by atoms with E-state index in [9.17, 15) is 9.59 Å². The minimum Gasteiger partial charge on any atom is -0.467 e. The van der Waals surface area contributed by atoms with Crippen LogP contribution in [0.15, 0.2) is 52.2 Å². The minimum absolute atomic E-state index is 0.0304. The largest absolute Gasteiger partial charge is 0.467 e. The SMILES string of the molecule is O=C(N/N=C1\CCCc2ccccc21)C1CC(=O)N(Cc2ccco2)C1. The zero-order chi connectivity index (χ0) is 17.9. The van der Waals surface area contributed by atoms with Crippen LogP contribution in [0.4, 0.5) is 0 Å². The van der Waals surface area contributed by atoms with E-state index in [1.54, 1.807) is 17.2 Å². The molecule has 2 aliphatic rings. The molecule has 1 aliphatic heterocycles. The molecule has 0 saturated carbocycles. The fourth-order valence-electron chi connectivity index (χ4n) is 3.62. The molecule has 2 aromatic rings. The van der Waals surface area contributed by atoms with E-state index in [1.807, 2.05) is 24.3 Å². The number of hydrogen-bond donors (Lipinski definition) is 1. The summed E-state index contributed by atoms with van der Waals surface area (Å²) in [5.41, 5.74) is 5.98. The highest BCUT2D eigenvalue weighted by molar-refractivity contribution is 6.03. The Morgan fingerprint density at radius 3 is 2.96 bits per heavy atom. The molecule has 4 rings (SSSR count). The predicted molar refractivity (Wildman–Crippen MR) is 96.3 cm³/mol. The number of aryl methyl sites for hydroxylation is 1. The quantitative estimate of drug-likeness (QED) is 0.860. The average molecular weight is 351 g/mol. The first-order valence-electron chi connectivity index (χ1n) is 8.95. The number of carbonyl (C=O) groups excluding carboxylic acids is 2. The standard InChI is InChI=1S/C20H21N3O3/c24-19-11-15(12-23(19)13-16-7-4-10-26-16)20(25)22-21-18-9-3-6-14-5-1-2-8-17(14)18/h1-2,4-5,7-8,10,15H,3,6,9,11-13H2,(H,22,25)/b21-18+. The first-order valence-corrected chi connectivity index (χ1v) is 8.95. The average Bonchev–Trinajstić information content (AvgIpc) is 3.30. The Kier molecular flexibility index (Phi) is 4.56. The molecule has 2 amide bonds. The molecule has 1 N–H and O–H groups in total. The van der Waals surface area contributed by atoms with Crippen LogP contribution < -0.4 is 5.43 Å². The molecule has 26 heavy (non-hydrogen) atoms. The molecule has 0 radical (unpaired) electrons. The number of nitrogens with one attached hydrogen (secondary N) is 1. The van der Waals surface area contributed by atoms with Gasteiger partial charge in [-0.15, -0.1) is 0 Å². The van der Waals surface area contributed by atoms with Crippen LogP contribution in [0.5, 0.6) is 0 Å². The molecule has 1 aliphatic carbocycles. The van der Waals surface area contributed by atoms with E-state index in [1.165, 1.54) is 5.56 Å². The van der Waals surface area contributed by atoms with Crippen molar-refractivity contribution in [3.8, 4) is 0 Å². The maximum Gasteiger partial charge on any atom is 0.245 e. The number of hydrogen-bond acceptors (Lipinski definition) is 4. The van der Waals surface area contributed by atoms with E-state index in [-0.39, 0.29) is 24.2 Å². The number of nitrogens with zero attached hydrogens (tertiary/aromatic N) is 2. The Morgan fingerprint density at radius 1 is 1.23 bits per heavy atom. The number of fused-ring (bicyclic) bond motifs is 1. The van der Waals surface area contributed by atoms with Gasteiger partial charge >= 0.3 is 0 Å². The summed E-state index contributed by atoms with van der Waals surface area (Å²) in [6.45, 7) is 0.796. The van der Waals surface area contributed by atoms with Gasteiger partial charge in [-0.25, -0.2) is 5.43 Å². The van der Waals surface area contributed by atoms with Crippen molar-refractivity contribution in [3.63, 3.8) is 0 Å². The van der Waals surface area contributed by atoms with Crippen LogP contribution in [-0.4, -0.2) is 29.0 Å². The van der Waals surface area contributed by atoms with Gasteiger partial charge in [0.15, 0.2) is 0 Å². The lowest BCUT2D eigenvalue weighted by atomic mass is 9.90. The van der Waals surface area contributed by atoms with E-state index >= 15 is 0 Å². The fraction of sp³-hybridized carbons (Fsp3) is 0.350. The predicted octanol–water partition coefficient (Wildman–Crippen LogP) is 2.48. The van der Waals surface area contributed by atoms with Crippen LogP contribution in [0.2, 0.25) is 0 Å². The maximum absolute atomic E-state index is 12.5. The topological polar surface area (TPSA) is 74.9 Å². The van der Waals surface area contributed by atoms with Crippen LogP contribution >= 0.6 is 0 Å². The summed E-state index contributed by atoms with van der Waals surface area (Å²) in [5.74, 6) is 0.118. The zero-order valence-corrected chi connectivity index (χ0v) is 14.5. The van der Waals surface area contributed by atoms with Gasteiger partial charge in [0.1, 0.15) is 5.76 Å². The van der Waals surface area contributed by atoms with E-state index in [0.29, 0.717) is 13.1 Å². The van der Waals surface area contributed by atoms with E-state index in [0.717, 1.165) is 36.3 Å². The number of amides is 2. The summed E-state index contributed by atoms with van der Waals surface area (Å²) in [6.07, 6.45) is 4.73. The number of likely N-dealkylation sites (tertiary alicyclic amines) is 1. The van der Waals surface area contributed by atoms with E-state index in [2.05, 4.69) is 16.6 Å². The van der Waals surface area contributed by atoms with Crippen LogP contribution in [0, 0.1) is 5.92 Å². The van der Waals surface area contributed by atoms with Crippen LogP contribution in [0.3, 0.4) is 0 Å². The molecule has 6 heteroatoms. The number of furan rings is 1. The number of hydrazone groups is 1. The Balaban J connectivity index is 1.39. The van der Waals surface area contributed by atoms with Gasteiger partial charge in [0.25, 0.3) is 0 Å². The van der Waals surface area contributed by atoms with Gasteiger partial charge in [-0.1, -0.05) is 24.3 Å². The lowest BCUT2D eigenvalue weighted by Crippen LogP contribution is -2.31. The van der Waals surface area contributed by atoms with Crippen molar-refractivity contribution in [1.82, 2.24) is 10.3 Å². The zero-order valence-electron chi connectivity index (χ0n) is 14.5. The number of carbonyl (C=O) groups is 2. The molecule has 1 fully saturated rings. The monoisotopic (exact) mass is 351 g/mol. The third-order valence-corrected chi connectivity index (χ3v) is 5.00. The Morgan fingerprint density at radius 2 is 2.12 bits per heavy atom. The number of rotatable bonds is 4. The second-order valence-corrected chi connectivity index (χ2v) is 6.80. The summed E-state index contributed by atoms with van der Waals surface area (Å²) in [5, 5.41) is 4.36. The second-order valence-electron chi connectivity index (χ2n) is 6.80. The molecule has 1 saturated heterocycles. The highest BCUT2D eigenvalue weighted by Crippen LogP contribution is 2.22. The molecule has 0 bridgehead atoms.